The zero-order valence-electron chi connectivity index (χ0n) is 15.7. The molecule has 1 aromatic rings. The lowest BCUT2D eigenvalue weighted by Gasteiger charge is -2.31. The van der Waals surface area contributed by atoms with Crippen molar-refractivity contribution < 1.29 is 4.79 Å². The third-order valence-corrected chi connectivity index (χ3v) is 5.75. The number of likely N-dealkylation sites (tertiary alicyclic amines) is 1. The molecule has 0 aromatic carbocycles. The van der Waals surface area contributed by atoms with E-state index in [1.165, 1.54) is 24.1 Å². The Bertz CT molecular complexity index is 590. The molecule has 1 amide bonds. The molecule has 2 heterocycles. The number of carbonyl (C=O) groups is 1. The zero-order valence-corrected chi connectivity index (χ0v) is 15.7. The van der Waals surface area contributed by atoms with E-state index in [1.54, 1.807) is 0 Å². The highest BCUT2D eigenvalue weighted by Crippen LogP contribution is 2.34. The average Bonchev–Trinajstić information content (AvgIpc) is 3.36. The van der Waals surface area contributed by atoms with Crippen LogP contribution in [0.1, 0.15) is 62.4 Å². The molecule has 2 aliphatic rings. The van der Waals surface area contributed by atoms with Crippen molar-refractivity contribution in [3.63, 3.8) is 0 Å². The number of aromatic nitrogens is 2. The second-order valence-corrected chi connectivity index (χ2v) is 7.54. The van der Waals surface area contributed by atoms with E-state index in [9.17, 15) is 4.79 Å². The number of hydrogen-bond acceptors (Lipinski definition) is 3. The number of amides is 1. The number of rotatable bonds is 6. The Balaban J connectivity index is 1.73. The van der Waals surface area contributed by atoms with Crippen LogP contribution in [-0.2, 0) is 18.4 Å². The molecule has 1 aliphatic heterocycles. The summed E-state index contributed by atoms with van der Waals surface area (Å²) < 4.78 is 2.00. The van der Waals surface area contributed by atoms with Gasteiger partial charge in [0.2, 0.25) is 5.91 Å². The molecule has 0 radical (unpaired) electrons. The summed E-state index contributed by atoms with van der Waals surface area (Å²) in [6.07, 6.45) is 6.49. The number of hydrogen-bond donors (Lipinski definition) is 0. The van der Waals surface area contributed by atoms with Crippen LogP contribution in [-0.4, -0.2) is 50.7 Å². The topological polar surface area (TPSA) is 41.4 Å². The fraction of sp³-hybridized carbons (Fsp3) is 0.789. The molecule has 3 rings (SSSR count). The Labute approximate surface area is 146 Å². The molecule has 1 saturated carbocycles. The molecule has 1 aromatic heterocycles. The first-order valence-corrected chi connectivity index (χ1v) is 9.53. The highest BCUT2D eigenvalue weighted by Gasteiger charge is 2.36. The van der Waals surface area contributed by atoms with Crippen molar-refractivity contribution in [1.29, 1.82) is 0 Å². The SMILES string of the molecule is CCCN1CCC(N(Cc2c(C)nn(C)c2C)C2CC2)CCC1=O. The van der Waals surface area contributed by atoms with Crippen LogP contribution >= 0.6 is 0 Å². The van der Waals surface area contributed by atoms with Gasteiger partial charge in [0.1, 0.15) is 0 Å². The van der Waals surface area contributed by atoms with E-state index in [0.717, 1.165) is 44.6 Å². The predicted octanol–water partition coefficient (Wildman–Crippen LogP) is 2.79. The first kappa shape index (κ1) is 17.5. The van der Waals surface area contributed by atoms with Crippen LogP contribution in [0.2, 0.25) is 0 Å². The maximum atomic E-state index is 12.3. The molecule has 5 nitrogen and oxygen atoms in total. The molecule has 0 spiro atoms. The number of aryl methyl sites for hydroxylation is 2. The molecule has 1 atom stereocenters. The van der Waals surface area contributed by atoms with Crippen LogP contribution in [0.15, 0.2) is 0 Å². The molecule has 2 fully saturated rings. The summed E-state index contributed by atoms with van der Waals surface area (Å²) in [6, 6.07) is 1.24. The monoisotopic (exact) mass is 332 g/mol. The second kappa shape index (κ2) is 7.26. The van der Waals surface area contributed by atoms with Crippen molar-refractivity contribution in [2.75, 3.05) is 13.1 Å². The summed E-state index contributed by atoms with van der Waals surface area (Å²) in [4.78, 5) is 17.1. The maximum absolute atomic E-state index is 12.3. The predicted molar refractivity (Wildman–Crippen MR) is 95.8 cm³/mol. The van der Waals surface area contributed by atoms with E-state index < -0.39 is 0 Å². The smallest absolute Gasteiger partial charge is 0.222 e. The van der Waals surface area contributed by atoms with Gasteiger partial charge in [-0.25, -0.2) is 0 Å². The van der Waals surface area contributed by atoms with Crippen LogP contribution in [0.4, 0.5) is 0 Å². The largest absolute Gasteiger partial charge is 0.343 e. The van der Waals surface area contributed by atoms with Crippen LogP contribution in [0.3, 0.4) is 0 Å². The van der Waals surface area contributed by atoms with Gasteiger partial charge in [0.15, 0.2) is 0 Å². The van der Waals surface area contributed by atoms with Gasteiger partial charge in [-0.1, -0.05) is 6.92 Å². The van der Waals surface area contributed by atoms with Gasteiger partial charge in [0.05, 0.1) is 5.69 Å². The molecule has 0 N–H and O–H groups in total. The van der Waals surface area contributed by atoms with E-state index in [0.29, 0.717) is 24.4 Å². The Morgan fingerprint density at radius 2 is 1.88 bits per heavy atom. The molecule has 0 bridgehead atoms. The molecular formula is C19H32N4O. The Morgan fingerprint density at radius 1 is 1.17 bits per heavy atom. The van der Waals surface area contributed by atoms with Crippen molar-refractivity contribution in [2.45, 2.75) is 77.9 Å². The highest BCUT2D eigenvalue weighted by molar-refractivity contribution is 5.76. The van der Waals surface area contributed by atoms with Crippen molar-refractivity contribution in [1.82, 2.24) is 19.6 Å². The Kier molecular flexibility index (Phi) is 5.28. The lowest BCUT2D eigenvalue weighted by Crippen LogP contribution is -2.38. The van der Waals surface area contributed by atoms with Crippen LogP contribution in [0.25, 0.3) is 0 Å². The number of carbonyl (C=O) groups excluding carboxylic acids is 1. The molecule has 1 unspecified atom stereocenters. The number of nitrogens with zero attached hydrogens (tertiary/aromatic N) is 4. The minimum Gasteiger partial charge on any atom is -0.343 e. The third kappa shape index (κ3) is 3.66. The fourth-order valence-electron chi connectivity index (χ4n) is 4.05. The fourth-order valence-corrected chi connectivity index (χ4v) is 4.05. The van der Waals surface area contributed by atoms with Gasteiger partial charge in [-0.05, 0) is 46.0 Å². The van der Waals surface area contributed by atoms with Gasteiger partial charge >= 0.3 is 0 Å². The van der Waals surface area contributed by atoms with Crippen molar-refractivity contribution >= 4 is 5.91 Å². The van der Waals surface area contributed by atoms with Crippen LogP contribution < -0.4 is 0 Å². The van der Waals surface area contributed by atoms with Crippen LogP contribution in [0, 0.1) is 13.8 Å². The van der Waals surface area contributed by atoms with Crippen molar-refractivity contribution in [3.8, 4) is 0 Å². The molecule has 1 saturated heterocycles. The summed E-state index contributed by atoms with van der Waals surface area (Å²) in [5.74, 6) is 0.351. The second-order valence-electron chi connectivity index (χ2n) is 7.54. The molecule has 134 valence electrons. The van der Waals surface area contributed by atoms with E-state index >= 15 is 0 Å². The summed E-state index contributed by atoms with van der Waals surface area (Å²) in [5.41, 5.74) is 3.80. The van der Waals surface area contributed by atoms with Gasteiger partial charge in [-0.3, -0.25) is 14.4 Å². The third-order valence-electron chi connectivity index (χ3n) is 5.75. The summed E-state index contributed by atoms with van der Waals surface area (Å²) >= 11 is 0. The summed E-state index contributed by atoms with van der Waals surface area (Å²) in [6.45, 7) is 9.26. The quantitative estimate of drug-likeness (QED) is 0.804. The van der Waals surface area contributed by atoms with Gasteiger partial charge in [-0.2, -0.15) is 5.10 Å². The molecule has 5 heteroatoms. The Morgan fingerprint density at radius 3 is 2.46 bits per heavy atom. The van der Waals surface area contributed by atoms with Crippen LogP contribution in [0.5, 0.6) is 0 Å². The van der Waals surface area contributed by atoms with Gasteiger partial charge in [0, 0.05) is 56.4 Å². The summed E-state index contributed by atoms with van der Waals surface area (Å²) in [5, 5.41) is 4.58. The van der Waals surface area contributed by atoms with Gasteiger partial charge < -0.3 is 4.90 Å². The van der Waals surface area contributed by atoms with E-state index in [-0.39, 0.29) is 0 Å². The lowest BCUT2D eigenvalue weighted by molar-refractivity contribution is -0.130. The van der Waals surface area contributed by atoms with E-state index in [4.69, 9.17) is 0 Å². The lowest BCUT2D eigenvalue weighted by atomic mass is 10.0. The van der Waals surface area contributed by atoms with E-state index in [2.05, 4.69) is 35.7 Å². The minimum absolute atomic E-state index is 0.351. The molecule has 1 aliphatic carbocycles. The first-order valence-electron chi connectivity index (χ1n) is 9.53. The van der Waals surface area contributed by atoms with Gasteiger partial charge in [-0.15, -0.1) is 0 Å². The van der Waals surface area contributed by atoms with E-state index in [1.807, 2.05) is 11.7 Å². The zero-order chi connectivity index (χ0) is 17.3. The first-order chi connectivity index (χ1) is 11.5. The highest BCUT2D eigenvalue weighted by atomic mass is 16.2. The van der Waals surface area contributed by atoms with Crippen molar-refractivity contribution in [3.05, 3.63) is 17.0 Å². The maximum Gasteiger partial charge on any atom is 0.222 e. The minimum atomic E-state index is 0.351. The normalized spacial score (nSPS) is 22.3. The molecule has 24 heavy (non-hydrogen) atoms. The standard InChI is InChI=1S/C19H32N4O/c1-5-11-22-12-10-17(8-9-19(22)24)23(16-6-7-16)13-18-14(2)20-21(4)15(18)3/h16-17H,5-13H2,1-4H3. The average molecular weight is 332 g/mol. The van der Waals surface area contributed by atoms with Gasteiger partial charge in [0.25, 0.3) is 0 Å². The molecular weight excluding hydrogens is 300 g/mol. The van der Waals surface area contributed by atoms with Crippen molar-refractivity contribution in [2.24, 2.45) is 7.05 Å². The summed E-state index contributed by atoms with van der Waals surface area (Å²) in [7, 11) is 2.03. The Hall–Kier alpha value is -1.36.